The molecule has 1 aliphatic rings. The van der Waals surface area contributed by atoms with Gasteiger partial charge in [0.2, 0.25) is 0 Å². The zero-order valence-corrected chi connectivity index (χ0v) is 7.79. The lowest BCUT2D eigenvalue weighted by Crippen LogP contribution is -2.43. The minimum atomic E-state index is -0.493. The lowest BCUT2D eigenvalue weighted by Gasteiger charge is -2.13. The van der Waals surface area contributed by atoms with Crippen LogP contribution < -0.4 is 10.6 Å². The molecule has 0 aromatic heterocycles. The highest BCUT2D eigenvalue weighted by Gasteiger charge is 2.12. The van der Waals surface area contributed by atoms with Crippen LogP contribution in [0.15, 0.2) is 12.2 Å². The molecule has 0 aromatic rings. The van der Waals surface area contributed by atoms with Gasteiger partial charge in [-0.1, -0.05) is 12.2 Å². The molecular weight excluding hydrogens is 168 g/mol. The number of rotatable bonds is 3. The standard InChI is InChI=1S/C9H16N2O2/c1-7(12)6-10-9(13)11-8-4-2-3-5-8/h2-3,7-8,12H,4-6H2,1H3,(H2,10,11,13)/t7-/m0/s1. The fourth-order valence-electron chi connectivity index (χ4n) is 1.21. The molecule has 0 bridgehead atoms. The van der Waals surface area contributed by atoms with E-state index in [9.17, 15) is 4.79 Å². The molecule has 0 saturated carbocycles. The molecule has 0 spiro atoms. The van der Waals surface area contributed by atoms with E-state index in [0.29, 0.717) is 6.54 Å². The van der Waals surface area contributed by atoms with Crippen LogP contribution in [0.2, 0.25) is 0 Å². The van der Waals surface area contributed by atoms with E-state index < -0.39 is 6.10 Å². The van der Waals surface area contributed by atoms with Crippen LogP contribution in [-0.2, 0) is 0 Å². The highest BCUT2D eigenvalue weighted by molar-refractivity contribution is 5.74. The van der Waals surface area contributed by atoms with E-state index >= 15 is 0 Å². The van der Waals surface area contributed by atoms with Crippen LogP contribution in [0.3, 0.4) is 0 Å². The van der Waals surface area contributed by atoms with Crippen LogP contribution in [0.1, 0.15) is 19.8 Å². The topological polar surface area (TPSA) is 61.4 Å². The van der Waals surface area contributed by atoms with Gasteiger partial charge in [0.05, 0.1) is 6.10 Å². The Morgan fingerprint density at radius 1 is 1.62 bits per heavy atom. The third-order valence-electron chi connectivity index (χ3n) is 1.90. The van der Waals surface area contributed by atoms with Crippen molar-refractivity contribution in [2.75, 3.05) is 6.54 Å². The summed E-state index contributed by atoms with van der Waals surface area (Å²) in [5.74, 6) is 0. The average Bonchev–Trinajstić information content (AvgIpc) is 2.53. The van der Waals surface area contributed by atoms with Crippen molar-refractivity contribution < 1.29 is 9.90 Å². The second-order valence-electron chi connectivity index (χ2n) is 3.34. The molecule has 0 radical (unpaired) electrons. The van der Waals surface area contributed by atoms with Gasteiger partial charge in [0.15, 0.2) is 0 Å². The van der Waals surface area contributed by atoms with E-state index in [1.165, 1.54) is 0 Å². The molecule has 2 amide bonds. The summed E-state index contributed by atoms with van der Waals surface area (Å²) >= 11 is 0. The predicted octanol–water partition coefficient (Wildman–Crippen LogP) is 0.385. The third-order valence-corrected chi connectivity index (χ3v) is 1.90. The molecular formula is C9H16N2O2. The van der Waals surface area contributed by atoms with Crippen LogP contribution in [-0.4, -0.2) is 29.8 Å². The van der Waals surface area contributed by atoms with Crippen LogP contribution in [0.5, 0.6) is 0 Å². The van der Waals surface area contributed by atoms with Crippen molar-refractivity contribution in [3.05, 3.63) is 12.2 Å². The molecule has 1 rings (SSSR count). The van der Waals surface area contributed by atoms with Gasteiger partial charge in [-0.2, -0.15) is 0 Å². The van der Waals surface area contributed by atoms with E-state index in [-0.39, 0.29) is 12.1 Å². The van der Waals surface area contributed by atoms with Crippen LogP contribution in [0.25, 0.3) is 0 Å². The normalized spacial score (nSPS) is 18.6. The molecule has 0 unspecified atom stereocenters. The van der Waals surface area contributed by atoms with Crippen molar-refractivity contribution in [2.45, 2.75) is 31.9 Å². The van der Waals surface area contributed by atoms with Crippen molar-refractivity contribution in [1.82, 2.24) is 10.6 Å². The Morgan fingerprint density at radius 3 is 2.77 bits per heavy atom. The molecule has 4 heteroatoms. The molecule has 4 nitrogen and oxygen atoms in total. The molecule has 0 fully saturated rings. The summed E-state index contributed by atoms with van der Waals surface area (Å²) in [6, 6.07) is 0.0311. The van der Waals surface area contributed by atoms with E-state index in [4.69, 9.17) is 5.11 Å². The minimum absolute atomic E-state index is 0.199. The first-order valence-corrected chi connectivity index (χ1v) is 4.56. The van der Waals surface area contributed by atoms with Gasteiger partial charge < -0.3 is 15.7 Å². The first-order chi connectivity index (χ1) is 6.18. The second-order valence-corrected chi connectivity index (χ2v) is 3.34. The SMILES string of the molecule is C[C@H](O)CNC(=O)NC1CC=CC1. The van der Waals surface area contributed by atoms with E-state index in [1.54, 1.807) is 6.92 Å². The lowest BCUT2D eigenvalue weighted by molar-refractivity contribution is 0.187. The molecule has 1 aliphatic carbocycles. The van der Waals surface area contributed by atoms with Gasteiger partial charge in [-0.3, -0.25) is 0 Å². The van der Waals surface area contributed by atoms with Crippen molar-refractivity contribution in [3.8, 4) is 0 Å². The lowest BCUT2D eigenvalue weighted by atomic mass is 10.2. The number of hydrogen-bond donors (Lipinski definition) is 3. The maximum atomic E-state index is 11.1. The first-order valence-electron chi connectivity index (χ1n) is 4.56. The number of amides is 2. The zero-order valence-electron chi connectivity index (χ0n) is 7.79. The van der Waals surface area contributed by atoms with Crippen molar-refractivity contribution in [3.63, 3.8) is 0 Å². The summed E-state index contributed by atoms with van der Waals surface area (Å²) in [6.45, 7) is 1.93. The Labute approximate surface area is 78.0 Å². The highest BCUT2D eigenvalue weighted by atomic mass is 16.3. The Hall–Kier alpha value is -1.03. The molecule has 0 aromatic carbocycles. The zero-order chi connectivity index (χ0) is 9.68. The minimum Gasteiger partial charge on any atom is -0.392 e. The number of aliphatic hydroxyl groups excluding tert-OH is 1. The molecule has 13 heavy (non-hydrogen) atoms. The summed E-state index contributed by atoms with van der Waals surface area (Å²) in [6.07, 6.45) is 5.43. The summed E-state index contributed by atoms with van der Waals surface area (Å²) in [5, 5.41) is 14.3. The van der Waals surface area contributed by atoms with Gasteiger partial charge in [-0.25, -0.2) is 4.79 Å². The summed E-state index contributed by atoms with van der Waals surface area (Å²) < 4.78 is 0. The number of carbonyl (C=O) groups excluding carboxylic acids is 1. The Balaban J connectivity index is 2.10. The van der Waals surface area contributed by atoms with Crippen molar-refractivity contribution in [2.24, 2.45) is 0 Å². The Morgan fingerprint density at radius 2 is 2.23 bits per heavy atom. The molecule has 0 saturated heterocycles. The number of hydrogen-bond acceptors (Lipinski definition) is 2. The molecule has 74 valence electrons. The Kier molecular flexibility index (Phi) is 3.76. The quantitative estimate of drug-likeness (QED) is 0.555. The van der Waals surface area contributed by atoms with Gasteiger partial charge in [-0.05, 0) is 19.8 Å². The van der Waals surface area contributed by atoms with Crippen LogP contribution in [0, 0.1) is 0 Å². The number of nitrogens with one attached hydrogen (secondary N) is 2. The number of urea groups is 1. The molecule has 0 heterocycles. The highest BCUT2D eigenvalue weighted by Crippen LogP contribution is 2.08. The maximum absolute atomic E-state index is 11.1. The van der Waals surface area contributed by atoms with Crippen molar-refractivity contribution in [1.29, 1.82) is 0 Å². The van der Waals surface area contributed by atoms with Gasteiger partial charge >= 0.3 is 6.03 Å². The smallest absolute Gasteiger partial charge is 0.315 e. The monoisotopic (exact) mass is 184 g/mol. The largest absolute Gasteiger partial charge is 0.392 e. The fourth-order valence-corrected chi connectivity index (χ4v) is 1.21. The van der Waals surface area contributed by atoms with Gasteiger partial charge in [0.25, 0.3) is 0 Å². The van der Waals surface area contributed by atoms with Gasteiger partial charge in [-0.15, -0.1) is 0 Å². The van der Waals surface area contributed by atoms with Crippen LogP contribution >= 0.6 is 0 Å². The van der Waals surface area contributed by atoms with Crippen molar-refractivity contribution >= 4 is 6.03 Å². The fraction of sp³-hybridized carbons (Fsp3) is 0.667. The van der Waals surface area contributed by atoms with Crippen LogP contribution in [0.4, 0.5) is 4.79 Å². The third kappa shape index (κ3) is 3.94. The summed E-state index contributed by atoms with van der Waals surface area (Å²) in [4.78, 5) is 11.1. The van der Waals surface area contributed by atoms with Gasteiger partial charge in [0, 0.05) is 12.6 Å². The summed E-state index contributed by atoms with van der Waals surface area (Å²) in [7, 11) is 0. The Bertz CT molecular complexity index is 194. The first kappa shape index (κ1) is 10.1. The van der Waals surface area contributed by atoms with E-state index in [2.05, 4.69) is 22.8 Å². The van der Waals surface area contributed by atoms with E-state index in [1.807, 2.05) is 0 Å². The predicted molar refractivity (Wildman–Crippen MR) is 50.4 cm³/mol. The number of carbonyl (C=O) groups is 1. The van der Waals surface area contributed by atoms with Gasteiger partial charge in [0.1, 0.15) is 0 Å². The van der Waals surface area contributed by atoms with E-state index in [0.717, 1.165) is 12.8 Å². The summed E-state index contributed by atoms with van der Waals surface area (Å²) in [5.41, 5.74) is 0. The average molecular weight is 184 g/mol. The molecule has 0 aliphatic heterocycles. The number of aliphatic hydroxyl groups is 1. The molecule has 3 N–H and O–H groups in total. The maximum Gasteiger partial charge on any atom is 0.315 e. The molecule has 1 atom stereocenters. The second kappa shape index (κ2) is 4.87.